The van der Waals surface area contributed by atoms with Gasteiger partial charge >= 0.3 is 5.97 Å². The number of aliphatic carboxylic acids is 1. The van der Waals surface area contributed by atoms with Crippen LogP contribution in [-0.2, 0) is 4.79 Å². The number of thiazole rings is 1. The van der Waals surface area contributed by atoms with Crippen molar-refractivity contribution in [2.75, 3.05) is 6.61 Å². The van der Waals surface area contributed by atoms with Crippen molar-refractivity contribution >= 4 is 17.3 Å². The molecule has 1 aromatic rings. The molecule has 144 valence electrons. The lowest BCUT2D eigenvalue weighted by molar-refractivity contribution is -0.137. The van der Waals surface area contributed by atoms with E-state index in [0.717, 1.165) is 25.7 Å². The van der Waals surface area contributed by atoms with E-state index < -0.39 is 12.1 Å². The Morgan fingerprint density at radius 3 is 3.00 bits per heavy atom. The van der Waals surface area contributed by atoms with Crippen molar-refractivity contribution in [3.05, 3.63) is 35.9 Å². The summed E-state index contributed by atoms with van der Waals surface area (Å²) in [6.07, 6.45) is 12.3. The summed E-state index contributed by atoms with van der Waals surface area (Å²) in [5.74, 6) is -0.413. The zero-order chi connectivity index (χ0) is 18.8. The summed E-state index contributed by atoms with van der Waals surface area (Å²) >= 11 is 1.38. The quantitative estimate of drug-likeness (QED) is 0.402. The number of carbonyl (C=O) groups is 1. The largest absolute Gasteiger partial charge is 0.481 e. The maximum atomic E-state index is 10.5. The van der Waals surface area contributed by atoms with Crippen LogP contribution in [-0.4, -0.2) is 45.1 Å². The first-order chi connectivity index (χ1) is 12.6. The van der Waals surface area contributed by atoms with Crippen LogP contribution in [0.25, 0.3) is 0 Å². The molecule has 1 aliphatic carbocycles. The van der Waals surface area contributed by atoms with E-state index >= 15 is 0 Å². The van der Waals surface area contributed by atoms with Gasteiger partial charge in [-0.1, -0.05) is 35.6 Å². The summed E-state index contributed by atoms with van der Waals surface area (Å²) in [7, 11) is 0. The van der Waals surface area contributed by atoms with Crippen LogP contribution in [0.15, 0.2) is 35.9 Å². The Hall–Kier alpha value is -1.70. The van der Waals surface area contributed by atoms with Crippen LogP contribution in [0, 0.1) is 11.8 Å². The summed E-state index contributed by atoms with van der Waals surface area (Å²) in [6.45, 7) is 0.160. The molecule has 0 saturated heterocycles. The topological polar surface area (TPSA) is 99.9 Å². The fraction of sp³-hybridized carbons (Fsp3) is 0.579. The highest BCUT2D eigenvalue weighted by molar-refractivity contribution is 7.11. The van der Waals surface area contributed by atoms with E-state index in [1.54, 1.807) is 12.3 Å². The molecule has 1 aromatic heterocycles. The van der Waals surface area contributed by atoms with Gasteiger partial charge in [0.1, 0.15) is 12.7 Å². The average molecular weight is 381 g/mol. The van der Waals surface area contributed by atoms with Crippen molar-refractivity contribution in [1.82, 2.24) is 4.98 Å². The first kappa shape index (κ1) is 20.6. The van der Waals surface area contributed by atoms with Crippen LogP contribution in [0.1, 0.15) is 38.5 Å². The fourth-order valence-corrected chi connectivity index (χ4v) is 3.65. The monoisotopic (exact) mass is 381 g/mol. The average Bonchev–Trinajstić information content (AvgIpc) is 3.24. The van der Waals surface area contributed by atoms with E-state index in [1.165, 1.54) is 11.3 Å². The maximum Gasteiger partial charge on any atom is 0.303 e. The van der Waals surface area contributed by atoms with E-state index in [1.807, 2.05) is 23.6 Å². The van der Waals surface area contributed by atoms with E-state index in [4.69, 9.17) is 9.84 Å². The molecule has 0 radical (unpaired) electrons. The van der Waals surface area contributed by atoms with Crippen molar-refractivity contribution in [3.63, 3.8) is 0 Å². The Morgan fingerprint density at radius 1 is 1.42 bits per heavy atom. The number of carboxylic acids is 1. The Morgan fingerprint density at radius 2 is 2.27 bits per heavy atom. The number of hydrogen-bond acceptors (Lipinski definition) is 6. The van der Waals surface area contributed by atoms with Gasteiger partial charge in [0, 0.05) is 18.0 Å². The number of aromatic nitrogens is 1. The van der Waals surface area contributed by atoms with Crippen molar-refractivity contribution in [2.45, 2.75) is 50.7 Å². The first-order valence-electron chi connectivity index (χ1n) is 8.99. The standard InChI is InChI=1S/C19H27NO5S/c21-15(13-25-19-20-11-12-26-19)9-7-14-8-10-17(22)16(14)5-3-1-2-4-6-18(23)24/h1,3,7,9,11-12,14-17,21-22H,2,4-6,8,10,13H2,(H,23,24)/t14-,15?,16+,17?/m0/s1. The third-order valence-electron chi connectivity index (χ3n) is 4.54. The molecule has 0 aliphatic heterocycles. The summed E-state index contributed by atoms with van der Waals surface area (Å²) in [5, 5.41) is 31.2. The molecule has 1 saturated carbocycles. The number of hydrogen-bond donors (Lipinski definition) is 3. The van der Waals surface area contributed by atoms with Gasteiger partial charge in [-0.15, -0.1) is 0 Å². The van der Waals surface area contributed by atoms with Gasteiger partial charge in [-0.2, -0.15) is 0 Å². The summed E-state index contributed by atoms with van der Waals surface area (Å²) < 4.78 is 5.39. The van der Waals surface area contributed by atoms with Crippen LogP contribution in [0.3, 0.4) is 0 Å². The van der Waals surface area contributed by atoms with Gasteiger partial charge in [-0.05, 0) is 43.9 Å². The lowest BCUT2D eigenvalue weighted by Crippen LogP contribution is -2.19. The van der Waals surface area contributed by atoms with Gasteiger partial charge in [0.2, 0.25) is 0 Å². The predicted octanol–water partition coefficient (Wildman–Crippen LogP) is 3.03. The van der Waals surface area contributed by atoms with Crippen molar-refractivity contribution in [1.29, 1.82) is 0 Å². The molecule has 1 aliphatic rings. The van der Waals surface area contributed by atoms with E-state index in [2.05, 4.69) is 4.98 Å². The number of rotatable bonds is 11. The van der Waals surface area contributed by atoms with Crippen LogP contribution in [0.2, 0.25) is 0 Å². The first-order valence-corrected chi connectivity index (χ1v) is 9.87. The molecule has 0 amide bonds. The Kier molecular flexibility index (Phi) is 8.80. The third kappa shape index (κ3) is 7.27. The molecular weight excluding hydrogens is 354 g/mol. The van der Waals surface area contributed by atoms with Gasteiger partial charge in [0.15, 0.2) is 0 Å². The van der Waals surface area contributed by atoms with Crippen LogP contribution < -0.4 is 4.74 Å². The minimum absolute atomic E-state index is 0.133. The SMILES string of the molecule is O=C(O)CCCC=CC[C@H]1C(O)CC[C@@H]1C=CC(O)COc1nccs1. The lowest BCUT2D eigenvalue weighted by Gasteiger charge is -2.18. The second-order valence-electron chi connectivity index (χ2n) is 6.53. The maximum absolute atomic E-state index is 10.5. The summed E-state index contributed by atoms with van der Waals surface area (Å²) in [6, 6.07) is 0. The molecule has 0 spiro atoms. The Balaban J connectivity index is 1.73. The number of aliphatic hydroxyl groups excluding tert-OH is 2. The molecule has 7 heteroatoms. The van der Waals surface area contributed by atoms with Gasteiger partial charge in [-0.25, -0.2) is 4.98 Å². The van der Waals surface area contributed by atoms with E-state index in [0.29, 0.717) is 11.6 Å². The highest BCUT2D eigenvalue weighted by Gasteiger charge is 2.32. The molecule has 4 atom stereocenters. The van der Waals surface area contributed by atoms with Gasteiger partial charge in [0.25, 0.3) is 5.19 Å². The summed E-state index contributed by atoms with van der Waals surface area (Å²) in [5.41, 5.74) is 0. The molecule has 2 rings (SSSR count). The minimum Gasteiger partial charge on any atom is -0.481 e. The van der Waals surface area contributed by atoms with E-state index in [-0.39, 0.29) is 31.0 Å². The fourth-order valence-electron chi connectivity index (χ4n) is 3.15. The lowest BCUT2D eigenvalue weighted by atomic mass is 9.90. The highest BCUT2D eigenvalue weighted by Crippen LogP contribution is 2.36. The molecule has 0 bridgehead atoms. The van der Waals surface area contributed by atoms with Gasteiger partial charge in [0.05, 0.1) is 6.10 Å². The van der Waals surface area contributed by atoms with Crippen molar-refractivity contribution in [2.24, 2.45) is 11.8 Å². The third-order valence-corrected chi connectivity index (χ3v) is 5.23. The molecule has 6 nitrogen and oxygen atoms in total. The minimum atomic E-state index is -0.771. The van der Waals surface area contributed by atoms with Gasteiger partial charge in [-0.3, -0.25) is 4.79 Å². The number of unbranched alkanes of at least 4 members (excludes halogenated alkanes) is 1. The number of nitrogens with zero attached hydrogens (tertiary/aromatic N) is 1. The van der Waals surface area contributed by atoms with Gasteiger partial charge < -0.3 is 20.1 Å². The smallest absolute Gasteiger partial charge is 0.303 e. The van der Waals surface area contributed by atoms with Crippen molar-refractivity contribution < 1.29 is 24.9 Å². The van der Waals surface area contributed by atoms with E-state index in [9.17, 15) is 15.0 Å². The van der Waals surface area contributed by atoms with Crippen LogP contribution in [0.4, 0.5) is 0 Å². The van der Waals surface area contributed by atoms with Crippen molar-refractivity contribution in [3.8, 4) is 5.19 Å². The molecule has 2 unspecified atom stereocenters. The van der Waals surface area contributed by atoms with Crippen LogP contribution >= 0.6 is 11.3 Å². The molecule has 1 heterocycles. The zero-order valence-electron chi connectivity index (χ0n) is 14.7. The zero-order valence-corrected chi connectivity index (χ0v) is 15.6. The second kappa shape index (κ2) is 11.1. The number of carboxylic acid groups (broad SMARTS) is 1. The number of aliphatic hydroxyl groups is 2. The molecular formula is C19H27NO5S. The Labute approximate surface area is 157 Å². The molecule has 3 N–H and O–H groups in total. The van der Waals surface area contributed by atoms with Crippen LogP contribution in [0.5, 0.6) is 5.19 Å². The Bertz CT molecular complexity index is 587. The highest BCUT2D eigenvalue weighted by atomic mass is 32.1. The molecule has 0 aromatic carbocycles. The summed E-state index contributed by atoms with van der Waals surface area (Å²) in [4.78, 5) is 14.5. The molecule has 1 fully saturated rings. The predicted molar refractivity (Wildman–Crippen MR) is 100 cm³/mol. The second-order valence-corrected chi connectivity index (χ2v) is 7.38. The normalized spacial score (nSPS) is 24.5. The molecule has 26 heavy (non-hydrogen) atoms. The number of allylic oxidation sites excluding steroid dienone is 3. The number of ether oxygens (including phenoxy) is 1.